The van der Waals surface area contributed by atoms with Gasteiger partial charge < -0.3 is 5.32 Å². The lowest BCUT2D eigenvalue weighted by molar-refractivity contribution is 0.383. The van der Waals surface area contributed by atoms with Gasteiger partial charge in [0, 0.05) is 19.6 Å². The molecule has 0 bridgehead atoms. The van der Waals surface area contributed by atoms with E-state index in [1.807, 2.05) is 0 Å². The van der Waals surface area contributed by atoms with Crippen LogP contribution >= 0.6 is 0 Å². The summed E-state index contributed by atoms with van der Waals surface area (Å²) in [7, 11) is -3.05. The van der Waals surface area contributed by atoms with Gasteiger partial charge >= 0.3 is 0 Å². The molecule has 1 heterocycles. The first-order valence-corrected chi connectivity index (χ1v) is 7.61. The summed E-state index contributed by atoms with van der Waals surface area (Å²) < 4.78 is 25.8. The minimum absolute atomic E-state index is 0.0805. The molecule has 0 radical (unpaired) electrons. The molecule has 0 aromatic rings. The SMILES string of the molecule is CC(C)(C)CCS(=O)(=O)N1CCCNCC1. The molecule has 0 aromatic carbocycles. The Morgan fingerprint density at radius 2 is 1.88 bits per heavy atom. The average Bonchev–Trinajstić information content (AvgIpc) is 2.42. The Labute approximate surface area is 99.5 Å². The van der Waals surface area contributed by atoms with Crippen molar-refractivity contribution >= 4 is 10.0 Å². The van der Waals surface area contributed by atoms with Crippen LogP contribution in [0.4, 0.5) is 0 Å². The summed E-state index contributed by atoms with van der Waals surface area (Å²) in [6, 6.07) is 0. The van der Waals surface area contributed by atoms with Crippen molar-refractivity contribution in [2.24, 2.45) is 5.41 Å². The molecule has 1 rings (SSSR count). The highest BCUT2D eigenvalue weighted by atomic mass is 32.2. The Bertz CT molecular complexity index is 298. The first-order valence-electron chi connectivity index (χ1n) is 6.00. The first kappa shape index (κ1) is 13.9. The molecule has 0 spiro atoms. The van der Waals surface area contributed by atoms with Gasteiger partial charge in [-0.2, -0.15) is 0 Å². The van der Waals surface area contributed by atoms with Crippen molar-refractivity contribution in [2.45, 2.75) is 33.6 Å². The number of nitrogens with one attached hydrogen (secondary N) is 1. The predicted molar refractivity (Wildman–Crippen MR) is 66.9 cm³/mol. The highest BCUT2D eigenvalue weighted by molar-refractivity contribution is 7.89. The third kappa shape index (κ3) is 4.80. The molecule has 1 N–H and O–H groups in total. The van der Waals surface area contributed by atoms with Crippen LogP contribution in [0.15, 0.2) is 0 Å². The van der Waals surface area contributed by atoms with Gasteiger partial charge in [-0.15, -0.1) is 0 Å². The normalized spacial score (nSPS) is 20.7. The van der Waals surface area contributed by atoms with Crippen molar-refractivity contribution in [2.75, 3.05) is 31.9 Å². The van der Waals surface area contributed by atoms with Crippen LogP contribution < -0.4 is 5.32 Å². The van der Waals surface area contributed by atoms with E-state index in [1.165, 1.54) is 0 Å². The number of nitrogens with zero attached hydrogens (tertiary/aromatic N) is 1. The third-order valence-electron chi connectivity index (χ3n) is 2.80. The minimum atomic E-state index is -3.05. The molecule has 0 amide bonds. The monoisotopic (exact) mass is 248 g/mol. The lowest BCUT2D eigenvalue weighted by Crippen LogP contribution is -2.36. The maximum absolute atomic E-state index is 12.1. The van der Waals surface area contributed by atoms with E-state index in [2.05, 4.69) is 26.1 Å². The van der Waals surface area contributed by atoms with E-state index in [0.29, 0.717) is 13.1 Å². The Hall–Kier alpha value is -0.130. The van der Waals surface area contributed by atoms with Crippen LogP contribution in [-0.2, 0) is 10.0 Å². The van der Waals surface area contributed by atoms with Gasteiger partial charge in [-0.1, -0.05) is 20.8 Å². The van der Waals surface area contributed by atoms with E-state index >= 15 is 0 Å². The molecule has 1 saturated heterocycles. The fourth-order valence-corrected chi connectivity index (χ4v) is 3.57. The van der Waals surface area contributed by atoms with Crippen molar-refractivity contribution in [3.05, 3.63) is 0 Å². The number of hydrogen-bond donors (Lipinski definition) is 1. The molecule has 1 fully saturated rings. The summed E-state index contributed by atoms with van der Waals surface area (Å²) in [6.07, 6.45) is 1.63. The van der Waals surface area contributed by atoms with E-state index in [1.54, 1.807) is 4.31 Å². The average molecular weight is 248 g/mol. The van der Waals surface area contributed by atoms with Crippen molar-refractivity contribution in [1.29, 1.82) is 0 Å². The van der Waals surface area contributed by atoms with Gasteiger partial charge in [0.15, 0.2) is 0 Å². The fraction of sp³-hybridized carbons (Fsp3) is 1.00. The molecule has 16 heavy (non-hydrogen) atoms. The molecular formula is C11H24N2O2S. The molecular weight excluding hydrogens is 224 g/mol. The standard InChI is InChI=1S/C11H24N2O2S/c1-11(2,3)5-10-16(14,15)13-8-4-6-12-7-9-13/h12H,4-10H2,1-3H3. The summed E-state index contributed by atoms with van der Waals surface area (Å²) >= 11 is 0. The van der Waals surface area contributed by atoms with E-state index in [0.717, 1.165) is 25.9 Å². The van der Waals surface area contributed by atoms with Crippen LogP contribution in [0.1, 0.15) is 33.6 Å². The maximum Gasteiger partial charge on any atom is 0.214 e. The van der Waals surface area contributed by atoms with Gasteiger partial charge in [-0.3, -0.25) is 0 Å². The topological polar surface area (TPSA) is 49.4 Å². The van der Waals surface area contributed by atoms with Crippen LogP contribution in [0.2, 0.25) is 0 Å². The maximum atomic E-state index is 12.1. The fourth-order valence-electron chi connectivity index (χ4n) is 1.66. The first-order chi connectivity index (χ1) is 7.31. The van der Waals surface area contributed by atoms with E-state index in [4.69, 9.17) is 0 Å². The van der Waals surface area contributed by atoms with Gasteiger partial charge in [0.2, 0.25) is 10.0 Å². The van der Waals surface area contributed by atoms with Gasteiger partial charge in [0.05, 0.1) is 5.75 Å². The number of rotatable bonds is 3. The van der Waals surface area contributed by atoms with Crippen molar-refractivity contribution in [3.8, 4) is 0 Å². The summed E-state index contributed by atoms with van der Waals surface area (Å²) in [5.74, 6) is 0.274. The van der Waals surface area contributed by atoms with Crippen molar-refractivity contribution in [1.82, 2.24) is 9.62 Å². The van der Waals surface area contributed by atoms with Gasteiger partial charge in [0.25, 0.3) is 0 Å². The Kier molecular flexibility index (Phi) is 4.76. The molecule has 5 heteroatoms. The highest BCUT2D eigenvalue weighted by Crippen LogP contribution is 2.20. The largest absolute Gasteiger partial charge is 0.315 e. The lowest BCUT2D eigenvalue weighted by atomic mass is 9.94. The summed E-state index contributed by atoms with van der Waals surface area (Å²) in [5.41, 5.74) is 0.0805. The third-order valence-corrected chi connectivity index (χ3v) is 4.67. The molecule has 0 atom stereocenters. The van der Waals surface area contributed by atoms with E-state index < -0.39 is 10.0 Å². The van der Waals surface area contributed by atoms with E-state index in [9.17, 15) is 8.42 Å². The molecule has 1 aliphatic heterocycles. The number of hydrogen-bond acceptors (Lipinski definition) is 3. The summed E-state index contributed by atoms with van der Waals surface area (Å²) in [6.45, 7) is 9.21. The summed E-state index contributed by atoms with van der Waals surface area (Å²) in [4.78, 5) is 0. The van der Waals surface area contributed by atoms with Crippen molar-refractivity contribution in [3.63, 3.8) is 0 Å². The molecule has 0 aromatic heterocycles. The second-order valence-corrected chi connectivity index (χ2v) is 7.72. The zero-order valence-corrected chi connectivity index (χ0v) is 11.4. The lowest BCUT2D eigenvalue weighted by Gasteiger charge is -2.23. The van der Waals surface area contributed by atoms with Crippen LogP contribution in [0, 0.1) is 5.41 Å². The zero-order chi connectivity index (χ0) is 12.2. The smallest absolute Gasteiger partial charge is 0.214 e. The highest BCUT2D eigenvalue weighted by Gasteiger charge is 2.24. The van der Waals surface area contributed by atoms with E-state index in [-0.39, 0.29) is 11.2 Å². The quantitative estimate of drug-likeness (QED) is 0.812. The molecule has 1 aliphatic rings. The molecule has 0 saturated carbocycles. The predicted octanol–water partition coefficient (Wildman–Crippen LogP) is 1.05. The van der Waals surface area contributed by atoms with Crippen molar-refractivity contribution < 1.29 is 8.42 Å². The van der Waals surface area contributed by atoms with Gasteiger partial charge in [-0.05, 0) is 24.8 Å². The van der Waals surface area contributed by atoms with Gasteiger partial charge in [-0.25, -0.2) is 12.7 Å². The molecule has 0 aliphatic carbocycles. The van der Waals surface area contributed by atoms with Crippen LogP contribution in [0.5, 0.6) is 0 Å². The Balaban J connectivity index is 2.55. The molecule has 96 valence electrons. The van der Waals surface area contributed by atoms with Crippen LogP contribution in [-0.4, -0.2) is 44.7 Å². The second kappa shape index (κ2) is 5.47. The minimum Gasteiger partial charge on any atom is -0.315 e. The Morgan fingerprint density at radius 3 is 2.50 bits per heavy atom. The van der Waals surface area contributed by atoms with Crippen LogP contribution in [0.25, 0.3) is 0 Å². The molecule has 0 unspecified atom stereocenters. The Morgan fingerprint density at radius 1 is 1.19 bits per heavy atom. The number of sulfonamides is 1. The van der Waals surface area contributed by atoms with Crippen LogP contribution in [0.3, 0.4) is 0 Å². The van der Waals surface area contributed by atoms with Gasteiger partial charge in [0.1, 0.15) is 0 Å². The second-order valence-electron chi connectivity index (χ2n) is 5.63. The summed E-state index contributed by atoms with van der Waals surface area (Å²) in [5, 5.41) is 3.22. The zero-order valence-electron chi connectivity index (χ0n) is 10.6. The molecule has 4 nitrogen and oxygen atoms in total.